The number of allylic oxidation sites excluding steroid dienone is 20. The van der Waals surface area contributed by atoms with Gasteiger partial charge in [-0.15, -0.1) is 0 Å². The molecule has 77 heavy (non-hydrogen) atoms. The molecule has 0 radical (unpaired) electrons. The summed E-state index contributed by atoms with van der Waals surface area (Å²) < 4.78 is 16.8. The van der Waals surface area contributed by atoms with Crippen molar-refractivity contribution in [2.75, 3.05) is 13.2 Å². The zero-order valence-electron chi connectivity index (χ0n) is 50.2. The SMILES string of the molecule is CC/C=C\C/C=C\C/C=C\C/C=C\C/C=C\CCCCCCCCCCCCCCCCCCCC(=O)OCC(COC(=O)CCCCCCCCC)OC(=O)CCCCC/C=C\C/C=C\C/C=C\C/C=C\C/C=C\CC. The molecule has 0 saturated heterocycles. The first kappa shape index (κ1) is 72.8. The Morgan fingerprint density at radius 1 is 0.273 bits per heavy atom. The molecule has 0 aromatic rings. The van der Waals surface area contributed by atoms with E-state index in [1.54, 1.807) is 0 Å². The smallest absolute Gasteiger partial charge is 0.306 e. The molecule has 0 N–H and O–H groups in total. The van der Waals surface area contributed by atoms with Crippen molar-refractivity contribution in [1.29, 1.82) is 0 Å². The normalized spacial score (nSPS) is 12.9. The van der Waals surface area contributed by atoms with Crippen LogP contribution in [0.1, 0.15) is 290 Å². The molecule has 0 fully saturated rings. The fraction of sp³-hybridized carbons (Fsp3) is 0.676. The van der Waals surface area contributed by atoms with Gasteiger partial charge < -0.3 is 14.2 Å². The second-order valence-corrected chi connectivity index (χ2v) is 20.9. The summed E-state index contributed by atoms with van der Waals surface area (Å²) in [6, 6.07) is 0. The zero-order valence-corrected chi connectivity index (χ0v) is 50.2. The maximum Gasteiger partial charge on any atom is 0.306 e. The predicted molar refractivity (Wildman–Crippen MR) is 334 cm³/mol. The summed E-state index contributed by atoms with van der Waals surface area (Å²) in [6.07, 6.45) is 89.6. The van der Waals surface area contributed by atoms with E-state index in [1.807, 2.05) is 0 Å². The van der Waals surface area contributed by atoms with Crippen LogP contribution < -0.4 is 0 Å². The summed E-state index contributed by atoms with van der Waals surface area (Å²) in [5.41, 5.74) is 0. The fourth-order valence-corrected chi connectivity index (χ4v) is 8.73. The number of hydrogen-bond acceptors (Lipinski definition) is 6. The fourth-order valence-electron chi connectivity index (χ4n) is 8.73. The van der Waals surface area contributed by atoms with Crippen molar-refractivity contribution in [1.82, 2.24) is 0 Å². The van der Waals surface area contributed by atoms with E-state index in [4.69, 9.17) is 14.2 Å². The van der Waals surface area contributed by atoms with Gasteiger partial charge in [-0.1, -0.05) is 284 Å². The van der Waals surface area contributed by atoms with Crippen LogP contribution >= 0.6 is 0 Å². The Hall–Kier alpha value is -4.19. The van der Waals surface area contributed by atoms with Gasteiger partial charge in [0.05, 0.1) is 0 Å². The van der Waals surface area contributed by atoms with Gasteiger partial charge in [-0.05, 0) is 109 Å². The van der Waals surface area contributed by atoms with Crippen molar-refractivity contribution in [2.45, 2.75) is 297 Å². The largest absolute Gasteiger partial charge is 0.462 e. The van der Waals surface area contributed by atoms with Crippen molar-refractivity contribution in [3.63, 3.8) is 0 Å². The number of rotatable bonds is 57. The Bertz CT molecular complexity index is 1600. The number of hydrogen-bond donors (Lipinski definition) is 0. The minimum absolute atomic E-state index is 0.0905. The quantitative estimate of drug-likeness (QED) is 0.0261. The van der Waals surface area contributed by atoms with Gasteiger partial charge in [0.1, 0.15) is 13.2 Å². The molecule has 0 heterocycles. The van der Waals surface area contributed by atoms with Crippen molar-refractivity contribution >= 4 is 17.9 Å². The summed E-state index contributed by atoms with van der Waals surface area (Å²) in [4.78, 5) is 38.0. The monoisotopic (exact) mass is 1070 g/mol. The van der Waals surface area contributed by atoms with Gasteiger partial charge in [0, 0.05) is 19.3 Å². The maximum atomic E-state index is 12.8. The van der Waals surface area contributed by atoms with Crippen LogP contribution in [-0.2, 0) is 28.6 Å². The lowest BCUT2D eigenvalue weighted by Gasteiger charge is -2.18. The Kier molecular flexibility index (Phi) is 60.8. The molecule has 0 aromatic carbocycles. The summed E-state index contributed by atoms with van der Waals surface area (Å²) in [6.45, 7) is 6.35. The third-order valence-corrected chi connectivity index (χ3v) is 13.5. The Morgan fingerprint density at radius 2 is 0.506 bits per heavy atom. The molecule has 0 amide bonds. The van der Waals surface area contributed by atoms with Crippen LogP contribution in [0, 0.1) is 0 Å². The molecule has 1 atom stereocenters. The molecule has 0 aromatic heterocycles. The van der Waals surface area contributed by atoms with Crippen LogP contribution in [-0.4, -0.2) is 37.2 Å². The van der Waals surface area contributed by atoms with E-state index in [0.29, 0.717) is 12.8 Å². The van der Waals surface area contributed by atoms with E-state index in [-0.39, 0.29) is 37.5 Å². The molecule has 6 nitrogen and oxygen atoms in total. The first-order valence-electron chi connectivity index (χ1n) is 32.0. The van der Waals surface area contributed by atoms with E-state index >= 15 is 0 Å². The Morgan fingerprint density at radius 3 is 0.805 bits per heavy atom. The highest BCUT2D eigenvalue weighted by Crippen LogP contribution is 2.16. The van der Waals surface area contributed by atoms with Crippen molar-refractivity contribution < 1.29 is 28.6 Å². The average molecular weight is 1070 g/mol. The highest BCUT2D eigenvalue weighted by Gasteiger charge is 2.19. The standard InChI is InChI=1S/C71H118O6/c1-4-7-10-13-16-18-20-22-24-26-28-29-30-31-32-33-34-35-36-37-38-39-40-41-43-44-46-48-50-52-55-58-61-64-70(73)76-67-68(66-75-69(72)63-60-57-54-15-12-9-6-3)77-71(74)65-62-59-56-53-51-49-47-45-42-27-25-23-21-19-17-14-11-8-5-2/h7-8,10-11,16-19,22-25,28-29,31-32,42,45,49,51,68H,4-6,9,12-15,20-21,26-27,30,33-41,43-44,46-48,50,52-67H2,1-3H3/b10-7-,11-8-,18-16-,19-17-,24-22-,25-23-,29-28-,32-31-,45-42-,51-49-. The number of esters is 3. The Balaban J connectivity index is 4.09. The highest BCUT2D eigenvalue weighted by atomic mass is 16.6. The number of ether oxygens (including phenoxy) is 3. The van der Waals surface area contributed by atoms with Gasteiger partial charge in [-0.2, -0.15) is 0 Å². The molecule has 0 aliphatic carbocycles. The van der Waals surface area contributed by atoms with Crippen LogP contribution in [0.15, 0.2) is 122 Å². The average Bonchev–Trinajstić information content (AvgIpc) is 3.43. The van der Waals surface area contributed by atoms with Gasteiger partial charge in [0.15, 0.2) is 6.10 Å². The lowest BCUT2D eigenvalue weighted by atomic mass is 10.0. The Labute approximate surface area is 475 Å². The van der Waals surface area contributed by atoms with Gasteiger partial charge in [-0.25, -0.2) is 0 Å². The zero-order chi connectivity index (χ0) is 55.7. The van der Waals surface area contributed by atoms with Crippen LogP contribution in [0.4, 0.5) is 0 Å². The number of carbonyl (C=O) groups is 3. The summed E-state index contributed by atoms with van der Waals surface area (Å²) >= 11 is 0. The minimum atomic E-state index is -0.794. The molecule has 0 aliphatic heterocycles. The van der Waals surface area contributed by atoms with E-state index in [2.05, 4.69) is 142 Å². The van der Waals surface area contributed by atoms with Crippen LogP contribution in [0.3, 0.4) is 0 Å². The molecule has 0 spiro atoms. The molecular formula is C71H118O6. The van der Waals surface area contributed by atoms with E-state index < -0.39 is 6.10 Å². The second-order valence-electron chi connectivity index (χ2n) is 20.9. The minimum Gasteiger partial charge on any atom is -0.462 e. The van der Waals surface area contributed by atoms with Crippen LogP contribution in [0.5, 0.6) is 0 Å². The number of unbranched alkanes of at least 4 members (excludes halogenated alkanes) is 26. The van der Waals surface area contributed by atoms with Crippen molar-refractivity contribution in [3.8, 4) is 0 Å². The maximum absolute atomic E-state index is 12.8. The molecule has 6 heteroatoms. The first-order chi connectivity index (χ1) is 38.0. The van der Waals surface area contributed by atoms with Crippen molar-refractivity contribution in [3.05, 3.63) is 122 Å². The van der Waals surface area contributed by atoms with E-state index in [1.165, 1.54) is 122 Å². The number of carbonyl (C=O) groups excluding carboxylic acids is 3. The highest BCUT2D eigenvalue weighted by molar-refractivity contribution is 5.71. The lowest BCUT2D eigenvalue weighted by molar-refractivity contribution is -0.167. The third kappa shape index (κ3) is 62.5. The van der Waals surface area contributed by atoms with Crippen LogP contribution in [0.2, 0.25) is 0 Å². The van der Waals surface area contributed by atoms with Crippen LogP contribution in [0.25, 0.3) is 0 Å². The van der Waals surface area contributed by atoms with Crippen molar-refractivity contribution in [2.24, 2.45) is 0 Å². The van der Waals surface area contributed by atoms with Gasteiger partial charge in [0.2, 0.25) is 0 Å². The molecule has 0 saturated carbocycles. The molecule has 0 rings (SSSR count). The topological polar surface area (TPSA) is 78.9 Å². The summed E-state index contributed by atoms with van der Waals surface area (Å²) in [5.74, 6) is -0.925. The molecule has 438 valence electrons. The third-order valence-electron chi connectivity index (χ3n) is 13.5. The summed E-state index contributed by atoms with van der Waals surface area (Å²) in [7, 11) is 0. The molecule has 0 aliphatic rings. The van der Waals surface area contributed by atoms with Gasteiger partial charge in [-0.3, -0.25) is 14.4 Å². The lowest BCUT2D eigenvalue weighted by Crippen LogP contribution is -2.30. The predicted octanol–water partition coefficient (Wildman–Crippen LogP) is 22.0. The molecular weight excluding hydrogens is 949 g/mol. The van der Waals surface area contributed by atoms with Gasteiger partial charge in [0.25, 0.3) is 0 Å². The second kappa shape index (κ2) is 64.3. The molecule has 0 bridgehead atoms. The van der Waals surface area contributed by atoms with E-state index in [0.717, 1.165) is 128 Å². The van der Waals surface area contributed by atoms with E-state index in [9.17, 15) is 14.4 Å². The summed E-state index contributed by atoms with van der Waals surface area (Å²) in [5, 5.41) is 0. The van der Waals surface area contributed by atoms with Gasteiger partial charge >= 0.3 is 17.9 Å². The molecule has 1 unspecified atom stereocenters. The first-order valence-corrected chi connectivity index (χ1v) is 32.0.